The van der Waals surface area contributed by atoms with Gasteiger partial charge in [-0.3, -0.25) is 4.55 Å². The molecular weight excluding hydrogens is 353 g/mol. The summed E-state index contributed by atoms with van der Waals surface area (Å²) in [5.41, 5.74) is 0.678. The van der Waals surface area contributed by atoms with E-state index in [4.69, 9.17) is 14.0 Å². The summed E-state index contributed by atoms with van der Waals surface area (Å²) in [5, 5.41) is 9.59. The summed E-state index contributed by atoms with van der Waals surface area (Å²) in [6, 6.07) is 3.13. The van der Waals surface area contributed by atoms with Gasteiger partial charge >= 0.3 is 0 Å². The molecule has 1 aromatic rings. The molecule has 1 atom stereocenters. The van der Waals surface area contributed by atoms with Crippen LogP contribution in [0, 0.1) is 5.82 Å². The average Bonchev–Trinajstić information content (AvgIpc) is 2.49. The van der Waals surface area contributed by atoms with Crippen molar-refractivity contribution in [1.29, 1.82) is 0 Å². The lowest BCUT2D eigenvalue weighted by atomic mass is 10.2. The maximum atomic E-state index is 14.2. The van der Waals surface area contributed by atoms with Crippen molar-refractivity contribution in [3.63, 3.8) is 0 Å². The maximum Gasteiger partial charge on any atom is 0.267 e. The van der Waals surface area contributed by atoms with Crippen molar-refractivity contribution in [2.75, 3.05) is 37.5 Å². The molecule has 0 saturated carbocycles. The molecule has 0 aliphatic carbocycles. The van der Waals surface area contributed by atoms with E-state index >= 15 is 0 Å². The number of aliphatic hydroxyl groups is 1. The lowest BCUT2D eigenvalue weighted by molar-refractivity contribution is 0.182. The van der Waals surface area contributed by atoms with Crippen molar-refractivity contribution in [3.05, 3.63) is 17.9 Å². The molecule has 0 aromatic heterocycles. The number of halogens is 1. The summed E-state index contributed by atoms with van der Waals surface area (Å²) >= 11 is 0. The van der Waals surface area contributed by atoms with Crippen molar-refractivity contribution >= 4 is 15.8 Å². The summed E-state index contributed by atoms with van der Waals surface area (Å²) < 4.78 is 54.9. The predicted octanol–water partition coefficient (Wildman–Crippen LogP) is 2.09. The second-order valence-electron chi connectivity index (χ2n) is 5.59. The normalized spacial score (nSPS) is 12.7. The Morgan fingerprint density at radius 3 is 2.16 bits per heavy atom. The third kappa shape index (κ3) is 7.45. The lowest BCUT2D eigenvalue weighted by Gasteiger charge is -2.22. The van der Waals surface area contributed by atoms with Crippen LogP contribution in [-0.2, 0) is 10.1 Å². The van der Waals surface area contributed by atoms with E-state index in [1.165, 1.54) is 0 Å². The third-order valence-corrected chi connectivity index (χ3v) is 4.27. The average molecular weight is 379 g/mol. The van der Waals surface area contributed by atoms with Gasteiger partial charge in [-0.1, -0.05) is 0 Å². The van der Waals surface area contributed by atoms with Crippen molar-refractivity contribution in [2.24, 2.45) is 0 Å². The number of hydrogen-bond donors (Lipinski definition) is 2. The first kappa shape index (κ1) is 21.5. The molecule has 0 spiro atoms. The van der Waals surface area contributed by atoms with E-state index < -0.39 is 27.8 Å². The molecule has 0 aliphatic rings. The molecule has 25 heavy (non-hydrogen) atoms. The van der Waals surface area contributed by atoms with Gasteiger partial charge in [-0.05, 0) is 26.7 Å². The molecule has 0 aliphatic heterocycles. The quantitative estimate of drug-likeness (QED) is 0.568. The standard InChI is InChI=1S/C16H26FNO6S/c1-4-23-14-9-12(10-15(16(14)17)24-5-2)18(3)8-6-7-13(19)11-25(20,21)22/h9-10,13,19H,4-8,11H2,1-3H3,(H,20,21,22). The Labute approximate surface area is 148 Å². The van der Waals surface area contributed by atoms with Crippen LogP contribution in [0.2, 0.25) is 0 Å². The van der Waals surface area contributed by atoms with Crippen molar-refractivity contribution < 1.29 is 31.9 Å². The van der Waals surface area contributed by atoms with E-state index in [2.05, 4.69) is 0 Å². The Balaban J connectivity index is 2.75. The Morgan fingerprint density at radius 1 is 1.20 bits per heavy atom. The topological polar surface area (TPSA) is 96.3 Å². The van der Waals surface area contributed by atoms with Gasteiger partial charge in [-0.2, -0.15) is 12.8 Å². The van der Waals surface area contributed by atoms with Gasteiger partial charge in [0.1, 0.15) is 5.75 Å². The van der Waals surface area contributed by atoms with Gasteiger partial charge < -0.3 is 19.5 Å². The number of benzene rings is 1. The first-order valence-corrected chi connectivity index (χ1v) is 9.72. The first-order valence-electron chi connectivity index (χ1n) is 8.11. The molecule has 0 fully saturated rings. The fourth-order valence-corrected chi connectivity index (χ4v) is 2.97. The molecule has 1 rings (SSSR count). The second kappa shape index (κ2) is 9.79. The van der Waals surface area contributed by atoms with Crippen LogP contribution >= 0.6 is 0 Å². The summed E-state index contributed by atoms with van der Waals surface area (Å²) in [6.45, 7) is 4.64. The first-order chi connectivity index (χ1) is 11.7. The van der Waals surface area contributed by atoms with Gasteiger partial charge in [-0.25, -0.2) is 0 Å². The molecule has 144 valence electrons. The Bertz CT molecular complexity index is 625. The fourth-order valence-electron chi connectivity index (χ4n) is 2.32. The number of rotatable bonds is 11. The highest BCUT2D eigenvalue weighted by Gasteiger charge is 2.17. The van der Waals surface area contributed by atoms with Crippen LogP contribution in [0.25, 0.3) is 0 Å². The van der Waals surface area contributed by atoms with Gasteiger partial charge in [0.05, 0.1) is 19.3 Å². The van der Waals surface area contributed by atoms with Crippen LogP contribution in [-0.4, -0.2) is 56.7 Å². The number of aliphatic hydroxyl groups excluding tert-OH is 1. The van der Waals surface area contributed by atoms with Crippen LogP contribution in [0.15, 0.2) is 12.1 Å². The molecule has 0 saturated heterocycles. The van der Waals surface area contributed by atoms with E-state index in [1.54, 1.807) is 33.0 Å². The van der Waals surface area contributed by atoms with Crippen LogP contribution in [0.4, 0.5) is 10.1 Å². The third-order valence-electron chi connectivity index (χ3n) is 3.46. The molecule has 2 N–H and O–H groups in total. The molecule has 1 unspecified atom stereocenters. The van der Waals surface area contributed by atoms with Crippen molar-refractivity contribution in [1.82, 2.24) is 0 Å². The number of anilines is 1. The maximum absolute atomic E-state index is 14.2. The number of ether oxygens (including phenoxy) is 2. The van der Waals surface area contributed by atoms with Gasteiger partial charge in [0.2, 0.25) is 5.82 Å². The Hall–Kier alpha value is -1.58. The van der Waals surface area contributed by atoms with E-state index in [0.717, 1.165) is 0 Å². The zero-order valence-corrected chi connectivity index (χ0v) is 15.6. The van der Waals surface area contributed by atoms with E-state index in [-0.39, 0.29) is 17.9 Å². The minimum atomic E-state index is -4.19. The summed E-state index contributed by atoms with van der Waals surface area (Å²) in [4.78, 5) is 1.82. The SMILES string of the molecule is CCOc1cc(N(C)CCCC(O)CS(=O)(=O)O)cc(OCC)c1F. The highest BCUT2D eigenvalue weighted by molar-refractivity contribution is 7.85. The van der Waals surface area contributed by atoms with Crippen molar-refractivity contribution in [2.45, 2.75) is 32.8 Å². The Kier molecular flexibility index (Phi) is 8.40. The smallest absolute Gasteiger partial charge is 0.267 e. The highest BCUT2D eigenvalue weighted by atomic mass is 32.2. The number of nitrogens with zero attached hydrogens (tertiary/aromatic N) is 1. The monoisotopic (exact) mass is 379 g/mol. The molecular formula is C16H26FNO6S. The van der Waals surface area contributed by atoms with Crippen molar-refractivity contribution in [3.8, 4) is 11.5 Å². The summed E-state index contributed by atoms with van der Waals surface area (Å²) in [5.74, 6) is -1.04. The van der Waals surface area contributed by atoms with Gasteiger partial charge in [0.25, 0.3) is 10.1 Å². The molecule has 0 radical (unpaired) electrons. The summed E-state index contributed by atoms with van der Waals surface area (Å²) in [6.07, 6.45) is -0.435. The van der Waals surface area contributed by atoms with Gasteiger partial charge in [0, 0.05) is 31.4 Å². The minimum Gasteiger partial charge on any atom is -0.491 e. The van der Waals surface area contributed by atoms with Crippen LogP contribution in [0.3, 0.4) is 0 Å². The van der Waals surface area contributed by atoms with E-state index in [0.29, 0.717) is 31.9 Å². The Morgan fingerprint density at radius 2 is 1.72 bits per heavy atom. The molecule has 0 heterocycles. The van der Waals surface area contributed by atoms with Crippen LogP contribution in [0.1, 0.15) is 26.7 Å². The molecule has 7 nitrogen and oxygen atoms in total. The predicted molar refractivity (Wildman–Crippen MR) is 93.7 cm³/mol. The zero-order valence-electron chi connectivity index (χ0n) is 14.7. The fraction of sp³-hybridized carbons (Fsp3) is 0.625. The largest absolute Gasteiger partial charge is 0.491 e. The van der Waals surface area contributed by atoms with Gasteiger partial charge in [0.15, 0.2) is 11.5 Å². The summed E-state index contributed by atoms with van der Waals surface area (Å²) in [7, 11) is -2.41. The molecule has 0 bridgehead atoms. The molecule has 1 aromatic carbocycles. The zero-order chi connectivity index (χ0) is 19.0. The second-order valence-corrected chi connectivity index (χ2v) is 7.09. The lowest BCUT2D eigenvalue weighted by Crippen LogP contribution is -2.24. The minimum absolute atomic E-state index is 0.0988. The molecule has 0 amide bonds. The van der Waals surface area contributed by atoms with E-state index in [9.17, 15) is 17.9 Å². The van der Waals surface area contributed by atoms with Gasteiger partial charge in [-0.15, -0.1) is 0 Å². The highest BCUT2D eigenvalue weighted by Crippen LogP contribution is 2.33. The number of hydrogen-bond acceptors (Lipinski definition) is 6. The molecule has 9 heteroatoms. The van der Waals surface area contributed by atoms with Crippen LogP contribution < -0.4 is 14.4 Å². The van der Waals surface area contributed by atoms with Crippen LogP contribution in [0.5, 0.6) is 11.5 Å². The van der Waals surface area contributed by atoms with E-state index in [1.807, 2.05) is 4.90 Å².